The number of amides is 2. The van der Waals surface area contributed by atoms with Gasteiger partial charge in [0.1, 0.15) is 0 Å². The molecule has 0 atom stereocenters. The maximum atomic E-state index is 11.5. The number of hydrogen-bond acceptors (Lipinski definition) is 3. The van der Waals surface area contributed by atoms with Gasteiger partial charge in [-0.1, -0.05) is 0 Å². The van der Waals surface area contributed by atoms with Crippen LogP contribution < -0.4 is 5.32 Å². The summed E-state index contributed by atoms with van der Waals surface area (Å²) in [4.78, 5) is 24.8. The zero-order chi connectivity index (χ0) is 11.2. The lowest BCUT2D eigenvalue weighted by molar-refractivity contribution is -0.123. The predicted molar refractivity (Wildman–Crippen MR) is 59.7 cm³/mol. The Morgan fingerprint density at radius 2 is 1.80 bits per heavy atom. The van der Waals surface area contributed by atoms with Gasteiger partial charge in [-0.15, -0.1) is 11.3 Å². The average molecular weight is 221 g/mol. The van der Waals surface area contributed by atoms with Crippen LogP contribution in [0.4, 0.5) is 0 Å². The number of carbonyl (C=O) groups is 2. The Labute approximate surface area is 91.8 Å². The molecule has 1 aromatic rings. The van der Waals surface area contributed by atoms with Crippen molar-refractivity contribution in [2.45, 2.75) is 20.8 Å². The van der Waals surface area contributed by atoms with Gasteiger partial charge < -0.3 is 0 Å². The van der Waals surface area contributed by atoms with E-state index in [0.717, 1.165) is 16.0 Å². The zero-order valence-corrected chi connectivity index (χ0v) is 9.62. The molecule has 2 heterocycles. The van der Waals surface area contributed by atoms with Gasteiger partial charge in [0.05, 0.1) is 5.57 Å². The van der Waals surface area contributed by atoms with Gasteiger partial charge in [-0.05, 0) is 26.3 Å². The summed E-state index contributed by atoms with van der Waals surface area (Å²) in [5.41, 5.74) is 2.51. The molecule has 0 spiro atoms. The van der Waals surface area contributed by atoms with Crippen LogP contribution in [0.15, 0.2) is 6.08 Å². The molecular weight excluding hydrogens is 210 g/mol. The van der Waals surface area contributed by atoms with Crippen LogP contribution >= 0.6 is 11.3 Å². The summed E-state index contributed by atoms with van der Waals surface area (Å²) < 4.78 is 0. The maximum absolute atomic E-state index is 11.5. The second kappa shape index (κ2) is 3.31. The molecule has 0 saturated carbocycles. The molecule has 0 fully saturated rings. The molecule has 3 nitrogen and oxygen atoms in total. The quantitative estimate of drug-likeness (QED) is 0.734. The lowest BCUT2D eigenvalue weighted by Crippen LogP contribution is -2.21. The summed E-state index contributed by atoms with van der Waals surface area (Å²) in [7, 11) is 0. The average Bonchev–Trinajstić information content (AvgIpc) is 2.56. The van der Waals surface area contributed by atoms with Crippen LogP contribution in [0.25, 0.3) is 5.57 Å². The van der Waals surface area contributed by atoms with Crippen LogP contribution in [0.1, 0.15) is 20.9 Å². The molecular formula is C11H11NO2S. The van der Waals surface area contributed by atoms with Crippen LogP contribution in [0, 0.1) is 20.8 Å². The van der Waals surface area contributed by atoms with E-state index in [1.807, 2.05) is 20.8 Å². The Kier molecular flexibility index (Phi) is 2.23. The highest BCUT2D eigenvalue weighted by molar-refractivity contribution is 7.12. The van der Waals surface area contributed by atoms with Gasteiger partial charge in [0.15, 0.2) is 0 Å². The number of rotatable bonds is 1. The highest BCUT2D eigenvalue weighted by atomic mass is 32.1. The number of carbonyl (C=O) groups excluding carboxylic acids is 2. The Morgan fingerprint density at radius 1 is 1.13 bits per heavy atom. The lowest BCUT2D eigenvalue weighted by Gasteiger charge is -2.01. The molecule has 15 heavy (non-hydrogen) atoms. The first kappa shape index (κ1) is 10.1. The molecule has 0 bridgehead atoms. The minimum absolute atomic E-state index is 0.288. The monoisotopic (exact) mass is 221 g/mol. The highest BCUT2D eigenvalue weighted by Crippen LogP contribution is 2.33. The lowest BCUT2D eigenvalue weighted by atomic mass is 10.0. The summed E-state index contributed by atoms with van der Waals surface area (Å²) in [5.74, 6) is -0.610. The van der Waals surface area contributed by atoms with E-state index in [2.05, 4.69) is 5.32 Å². The largest absolute Gasteiger partial charge is 0.289 e. The summed E-state index contributed by atoms with van der Waals surface area (Å²) in [6.45, 7) is 5.97. The molecule has 1 N–H and O–H groups in total. The van der Waals surface area contributed by atoms with Gasteiger partial charge >= 0.3 is 0 Å². The maximum Gasteiger partial charge on any atom is 0.258 e. The standard InChI is InChI=1S/C11H11NO2S/c1-5-6(2)15-7(3)10(5)8-4-9(13)12-11(8)14/h4H,1-3H3,(H,12,13,14). The Bertz CT molecular complexity index is 497. The fraction of sp³-hybridized carbons (Fsp3) is 0.273. The van der Waals surface area contributed by atoms with Crippen molar-refractivity contribution >= 4 is 28.7 Å². The fourth-order valence-electron chi connectivity index (χ4n) is 1.79. The third-order valence-corrected chi connectivity index (χ3v) is 3.71. The van der Waals surface area contributed by atoms with E-state index in [1.165, 1.54) is 11.0 Å². The molecule has 0 aliphatic carbocycles. The van der Waals surface area contributed by atoms with Gasteiger partial charge in [0.2, 0.25) is 0 Å². The van der Waals surface area contributed by atoms with Crippen molar-refractivity contribution in [2.75, 3.05) is 0 Å². The number of aryl methyl sites for hydroxylation is 2. The van der Waals surface area contributed by atoms with E-state index < -0.39 is 0 Å². The van der Waals surface area contributed by atoms with Crippen molar-refractivity contribution in [1.82, 2.24) is 5.32 Å². The van der Waals surface area contributed by atoms with Gasteiger partial charge in [-0.3, -0.25) is 14.9 Å². The number of hydrogen-bond donors (Lipinski definition) is 1. The fourth-order valence-corrected chi connectivity index (χ4v) is 2.87. The number of nitrogens with one attached hydrogen (secondary N) is 1. The van der Waals surface area contributed by atoms with Crippen LogP contribution in [-0.2, 0) is 9.59 Å². The Hall–Kier alpha value is -1.42. The molecule has 1 aliphatic heterocycles. The van der Waals surface area contributed by atoms with E-state index in [0.29, 0.717) is 5.57 Å². The van der Waals surface area contributed by atoms with E-state index in [4.69, 9.17) is 0 Å². The third kappa shape index (κ3) is 1.51. The first-order valence-electron chi connectivity index (χ1n) is 4.64. The van der Waals surface area contributed by atoms with Crippen molar-refractivity contribution < 1.29 is 9.59 Å². The highest BCUT2D eigenvalue weighted by Gasteiger charge is 2.26. The topological polar surface area (TPSA) is 46.2 Å². The summed E-state index contributed by atoms with van der Waals surface area (Å²) in [6.07, 6.45) is 1.38. The predicted octanol–water partition coefficient (Wildman–Crippen LogP) is 1.71. The van der Waals surface area contributed by atoms with Crippen LogP contribution in [0.2, 0.25) is 0 Å². The summed E-state index contributed by atoms with van der Waals surface area (Å²) in [6, 6.07) is 0. The molecule has 2 rings (SSSR count). The molecule has 0 saturated heterocycles. The van der Waals surface area contributed by atoms with Crippen LogP contribution in [-0.4, -0.2) is 11.8 Å². The molecule has 1 aliphatic rings. The molecule has 1 aromatic heterocycles. The van der Waals surface area contributed by atoms with E-state index in [9.17, 15) is 9.59 Å². The second-order valence-electron chi connectivity index (χ2n) is 3.59. The first-order chi connectivity index (χ1) is 7.00. The number of thiophene rings is 1. The molecule has 0 radical (unpaired) electrons. The Balaban J connectivity index is 2.60. The molecule has 4 heteroatoms. The zero-order valence-electron chi connectivity index (χ0n) is 8.80. The van der Waals surface area contributed by atoms with Crippen molar-refractivity contribution in [3.63, 3.8) is 0 Å². The van der Waals surface area contributed by atoms with Crippen molar-refractivity contribution in [1.29, 1.82) is 0 Å². The Morgan fingerprint density at radius 3 is 2.20 bits per heavy atom. The molecule has 0 unspecified atom stereocenters. The van der Waals surface area contributed by atoms with Crippen LogP contribution in [0.3, 0.4) is 0 Å². The van der Waals surface area contributed by atoms with Gasteiger partial charge in [0, 0.05) is 21.4 Å². The van der Waals surface area contributed by atoms with E-state index in [1.54, 1.807) is 11.3 Å². The SMILES string of the molecule is Cc1sc(C)c(C2=CC(=O)NC2=O)c1C. The molecule has 2 amide bonds. The normalized spacial score (nSPS) is 15.5. The van der Waals surface area contributed by atoms with E-state index in [-0.39, 0.29) is 11.8 Å². The van der Waals surface area contributed by atoms with Crippen molar-refractivity contribution in [3.8, 4) is 0 Å². The van der Waals surface area contributed by atoms with Crippen molar-refractivity contribution in [2.24, 2.45) is 0 Å². The second-order valence-corrected chi connectivity index (χ2v) is 5.02. The smallest absolute Gasteiger partial charge is 0.258 e. The molecule has 0 aromatic carbocycles. The third-order valence-electron chi connectivity index (χ3n) is 2.59. The van der Waals surface area contributed by atoms with E-state index >= 15 is 0 Å². The van der Waals surface area contributed by atoms with Gasteiger partial charge in [-0.25, -0.2) is 0 Å². The number of imide groups is 1. The van der Waals surface area contributed by atoms with Crippen LogP contribution in [0.5, 0.6) is 0 Å². The molecule has 78 valence electrons. The first-order valence-corrected chi connectivity index (χ1v) is 5.46. The van der Waals surface area contributed by atoms with Crippen molar-refractivity contribution in [3.05, 3.63) is 27.0 Å². The minimum Gasteiger partial charge on any atom is -0.289 e. The van der Waals surface area contributed by atoms with Gasteiger partial charge in [-0.2, -0.15) is 0 Å². The van der Waals surface area contributed by atoms with Gasteiger partial charge in [0.25, 0.3) is 11.8 Å². The minimum atomic E-state index is -0.322. The summed E-state index contributed by atoms with van der Waals surface area (Å²) in [5, 5.41) is 2.26. The summed E-state index contributed by atoms with van der Waals surface area (Å²) >= 11 is 1.65.